The maximum atomic E-state index is 5.73. The van der Waals surface area contributed by atoms with Gasteiger partial charge in [-0.3, -0.25) is 0 Å². The van der Waals surface area contributed by atoms with Crippen LogP contribution >= 0.6 is 0 Å². The molecule has 0 radical (unpaired) electrons. The first-order valence-electron chi connectivity index (χ1n) is 7.74. The van der Waals surface area contributed by atoms with E-state index in [0.717, 1.165) is 12.2 Å². The van der Waals surface area contributed by atoms with E-state index in [9.17, 15) is 0 Å². The molecule has 114 valence electrons. The normalized spacial score (nSPS) is 15.8. The maximum Gasteiger partial charge on any atom is 0.121 e. The minimum absolute atomic E-state index is 0.212. The van der Waals surface area contributed by atoms with Crippen molar-refractivity contribution < 1.29 is 4.74 Å². The summed E-state index contributed by atoms with van der Waals surface area (Å²) in [5.41, 5.74) is 2.98. The van der Waals surface area contributed by atoms with Gasteiger partial charge in [-0.1, -0.05) is 69.4 Å². The van der Waals surface area contributed by atoms with Crippen LogP contribution in [0.1, 0.15) is 32.8 Å². The number of benzene rings is 1. The van der Waals surface area contributed by atoms with E-state index in [1.807, 2.05) is 0 Å². The zero-order chi connectivity index (χ0) is 15.8. The van der Waals surface area contributed by atoms with Gasteiger partial charge in [-0.05, 0) is 35.1 Å². The highest BCUT2D eigenvalue weighted by Crippen LogP contribution is 2.39. The number of rotatable bonds is 3. The summed E-state index contributed by atoms with van der Waals surface area (Å²) in [4.78, 5) is 0. The Morgan fingerprint density at radius 2 is 1.81 bits per heavy atom. The Balaban J connectivity index is 2.61. The topological polar surface area (TPSA) is 9.23 Å². The molecule has 0 atom stereocenters. The Hall–Kier alpha value is -1.28. The van der Waals surface area contributed by atoms with Crippen LogP contribution in [-0.2, 0) is 0 Å². The van der Waals surface area contributed by atoms with Crippen LogP contribution in [0.3, 0.4) is 0 Å². The van der Waals surface area contributed by atoms with Crippen LogP contribution in [-0.4, -0.2) is 15.2 Å². The van der Waals surface area contributed by atoms with Gasteiger partial charge in [0.25, 0.3) is 0 Å². The second kappa shape index (κ2) is 5.49. The van der Waals surface area contributed by atoms with Crippen LogP contribution in [0.4, 0.5) is 0 Å². The maximum absolute atomic E-state index is 5.73. The summed E-state index contributed by atoms with van der Waals surface area (Å²) in [6.07, 6.45) is 5.77. The molecule has 0 fully saturated rings. The molecule has 0 N–H and O–H groups in total. The first kappa shape index (κ1) is 16.1. The molecule has 2 heteroatoms. The Bertz CT molecular complexity index is 600. The summed E-state index contributed by atoms with van der Waals surface area (Å²) in [7, 11) is 0.0699. The van der Waals surface area contributed by atoms with Gasteiger partial charge in [-0.15, -0.1) is 0 Å². The number of methoxy groups -OCH3 is 1. The Morgan fingerprint density at radius 3 is 2.38 bits per heavy atom. The number of aryl methyl sites for hydroxylation is 1. The van der Waals surface area contributed by atoms with Crippen molar-refractivity contribution in [3.05, 3.63) is 46.7 Å². The summed E-state index contributed by atoms with van der Waals surface area (Å²) in [6.45, 7) is 14.0. The lowest BCUT2D eigenvalue weighted by Gasteiger charge is -2.32. The van der Waals surface area contributed by atoms with E-state index < -0.39 is 8.07 Å². The fourth-order valence-corrected chi connectivity index (χ4v) is 6.84. The van der Waals surface area contributed by atoms with E-state index in [4.69, 9.17) is 4.74 Å². The van der Waals surface area contributed by atoms with Crippen LogP contribution in [0.5, 0.6) is 5.75 Å². The smallest absolute Gasteiger partial charge is 0.121 e. The largest absolute Gasteiger partial charge is 0.497 e. The number of hydrogen-bond donors (Lipinski definition) is 0. The average Bonchev–Trinajstić information content (AvgIpc) is 2.88. The molecule has 0 spiro atoms. The van der Waals surface area contributed by atoms with Gasteiger partial charge >= 0.3 is 0 Å². The van der Waals surface area contributed by atoms with Gasteiger partial charge in [0.05, 0.1) is 7.11 Å². The average molecular weight is 301 g/mol. The van der Waals surface area contributed by atoms with Gasteiger partial charge < -0.3 is 4.74 Å². The van der Waals surface area contributed by atoms with Gasteiger partial charge in [-0.2, -0.15) is 0 Å². The highest BCUT2D eigenvalue weighted by atomic mass is 28.3. The molecule has 1 aromatic carbocycles. The molecular formula is C19H28OSi. The fraction of sp³-hybridized carbons (Fsp3) is 0.474. The number of hydrogen-bond acceptors (Lipinski definition) is 1. The first-order chi connectivity index (χ1) is 9.69. The molecule has 1 aliphatic rings. The Morgan fingerprint density at radius 1 is 1.14 bits per heavy atom. The number of ether oxygens (including phenoxy) is 1. The molecule has 0 saturated carbocycles. The van der Waals surface area contributed by atoms with E-state index in [1.165, 1.54) is 16.3 Å². The minimum atomic E-state index is -1.72. The first-order valence-corrected chi connectivity index (χ1v) is 10.7. The van der Waals surface area contributed by atoms with Crippen LogP contribution in [0.2, 0.25) is 13.1 Å². The lowest BCUT2D eigenvalue weighted by molar-refractivity contribution is 0.415. The molecule has 0 aliphatic heterocycles. The standard InChI is InChI=1S/C19H28OSi/c1-14-10-8-13-17(18(14)20-5)21(6,7)16-12-9-11-15(16)19(2,3)4/h8-11,13H,12H2,1-7H3. The Labute approximate surface area is 130 Å². The molecule has 1 nitrogen and oxygen atoms in total. The van der Waals surface area contributed by atoms with E-state index in [0.29, 0.717) is 0 Å². The molecule has 2 rings (SSSR count). The third-order valence-corrected chi connectivity index (χ3v) is 8.31. The molecule has 0 heterocycles. The highest BCUT2D eigenvalue weighted by Gasteiger charge is 2.36. The van der Waals surface area contributed by atoms with Gasteiger partial charge in [-0.25, -0.2) is 0 Å². The zero-order valence-corrected chi connectivity index (χ0v) is 15.5. The minimum Gasteiger partial charge on any atom is -0.497 e. The van der Waals surface area contributed by atoms with Crippen molar-refractivity contribution in [1.82, 2.24) is 0 Å². The molecule has 0 bridgehead atoms. The van der Waals surface area contributed by atoms with Crippen molar-refractivity contribution in [2.24, 2.45) is 5.41 Å². The molecule has 21 heavy (non-hydrogen) atoms. The monoisotopic (exact) mass is 300 g/mol. The van der Waals surface area contributed by atoms with Crippen LogP contribution in [0.15, 0.2) is 41.1 Å². The van der Waals surface area contributed by atoms with E-state index in [1.54, 1.807) is 12.3 Å². The van der Waals surface area contributed by atoms with Gasteiger partial charge in [0.2, 0.25) is 0 Å². The predicted molar refractivity (Wildman–Crippen MR) is 95.1 cm³/mol. The van der Waals surface area contributed by atoms with Crippen molar-refractivity contribution in [1.29, 1.82) is 0 Å². The van der Waals surface area contributed by atoms with E-state index in [-0.39, 0.29) is 5.41 Å². The van der Waals surface area contributed by atoms with Crippen LogP contribution in [0.25, 0.3) is 0 Å². The highest BCUT2D eigenvalue weighted by molar-refractivity contribution is 6.96. The summed E-state index contributed by atoms with van der Waals surface area (Å²) in [5, 5.41) is 3.07. The third-order valence-electron chi connectivity index (χ3n) is 4.58. The molecule has 1 aliphatic carbocycles. The zero-order valence-electron chi connectivity index (χ0n) is 14.5. The molecule has 0 unspecified atom stereocenters. The van der Waals surface area contributed by atoms with Gasteiger partial charge in [0, 0.05) is 0 Å². The molecule has 1 aromatic rings. The van der Waals surface area contributed by atoms with Crippen molar-refractivity contribution in [3.63, 3.8) is 0 Å². The summed E-state index contributed by atoms with van der Waals surface area (Å²) < 4.78 is 5.73. The number of para-hydroxylation sites is 1. The second-order valence-corrected chi connectivity index (χ2v) is 11.9. The third kappa shape index (κ3) is 2.87. The second-order valence-electron chi connectivity index (χ2n) is 7.53. The van der Waals surface area contributed by atoms with Crippen molar-refractivity contribution in [2.45, 2.75) is 47.2 Å². The van der Waals surface area contributed by atoms with Crippen molar-refractivity contribution >= 4 is 13.3 Å². The van der Waals surface area contributed by atoms with Crippen LogP contribution < -0.4 is 9.92 Å². The van der Waals surface area contributed by atoms with Crippen molar-refractivity contribution in [2.75, 3.05) is 7.11 Å². The fourth-order valence-electron chi connectivity index (χ4n) is 3.38. The molecule has 0 saturated heterocycles. The summed E-state index contributed by atoms with van der Waals surface area (Å²) >= 11 is 0. The summed E-state index contributed by atoms with van der Waals surface area (Å²) in [6, 6.07) is 6.57. The van der Waals surface area contributed by atoms with Crippen LogP contribution in [0, 0.1) is 12.3 Å². The Kier molecular flexibility index (Phi) is 4.21. The summed E-state index contributed by atoms with van der Waals surface area (Å²) in [5.74, 6) is 1.09. The predicted octanol–water partition coefficient (Wildman–Crippen LogP) is 4.76. The van der Waals surface area contributed by atoms with Gasteiger partial charge in [0.1, 0.15) is 13.8 Å². The molecule has 0 aromatic heterocycles. The van der Waals surface area contributed by atoms with E-state index in [2.05, 4.69) is 71.1 Å². The molecular weight excluding hydrogens is 272 g/mol. The quantitative estimate of drug-likeness (QED) is 0.731. The van der Waals surface area contributed by atoms with E-state index >= 15 is 0 Å². The lowest BCUT2D eigenvalue weighted by Crippen LogP contribution is -2.45. The van der Waals surface area contributed by atoms with Crippen molar-refractivity contribution in [3.8, 4) is 5.75 Å². The lowest BCUT2D eigenvalue weighted by atomic mass is 9.87. The number of allylic oxidation sites excluding steroid dienone is 4. The SMILES string of the molecule is COc1c(C)cccc1[Si](C)(C)C1=C(C(C)(C)C)C=CC1. The van der Waals surface area contributed by atoms with Gasteiger partial charge in [0.15, 0.2) is 0 Å². The molecule has 0 amide bonds.